The van der Waals surface area contributed by atoms with E-state index in [4.69, 9.17) is 9.47 Å². The van der Waals surface area contributed by atoms with Crippen molar-refractivity contribution in [3.8, 4) is 17.6 Å². The van der Waals surface area contributed by atoms with Crippen LogP contribution in [0.15, 0.2) is 34.9 Å². The molecule has 2 aromatic rings. The summed E-state index contributed by atoms with van der Waals surface area (Å²) in [7, 11) is 1.50. The first-order valence-corrected chi connectivity index (χ1v) is 8.25. The summed E-state index contributed by atoms with van der Waals surface area (Å²) in [5.41, 5.74) is 0.00683. The monoisotopic (exact) mass is 426 g/mol. The van der Waals surface area contributed by atoms with Gasteiger partial charge >= 0.3 is 6.18 Å². The predicted molar refractivity (Wildman–Crippen MR) is 94.6 cm³/mol. The molecule has 0 radical (unpaired) electrons. The van der Waals surface area contributed by atoms with E-state index in [1.54, 1.807) is 12.1 Å². The number of ether oxygens (including phenoxy) is 2. The van der Waals surface area contributed by atoms with Crippen molar-refractivity contribution in [1.29, 1.82) is 5.26 Å². The number of alkyl halides is 3. The van der Waals surface area contributed by atoms with Gasteiger partial charge in [-0.1, -0.05) is 0 Å². The number of rotatable bonds is 5. The number of hydrogen-bond acceptors (Lipinski definition) is 4. The average molecular weight is 427 g/mol. The zero-order valence-corrected chi connectivity index (χ0v) is 15.5. The molecule has 0 aliphatic heterocycles. The van der Waals surface area contributed by atoms with Crippen LogP contribution in [-0.4, -0.2) is 18.7 Å². The number of aromatic nitrogens is 1. The minimum atomic E-state index is -4.48. The second kappa shape index (κ2) is 8.23. The van der Waals surface area contributed by atoms with E-state index in [9.17, 15) is 18.4 Å². The van der Waals surface area contributed by atoms with Crippen LogP contribution in [-0.2, 0) is 6.18 Å². The van der Waals surface area contributed by atoms with Crippen molar-refractivity contribution in [2.24, 2.45) is 0 Å². The molecule has 8 heteroatoms. The van der Waals surface area contributed by atoms with Gasteiger partial charge in [0.05, 0.1) is 35.0 Å². The quantitative estimate of drug-likeness (QED) is 0.605. The van der Waals surface area contributed by atoms with Crippen molar-refractivity contribution < 1.29 is 22.6 Å². The van der Waals surface area contributed by atoms with Gasteiger partial charge in [0.15, 0.2) is 11.5 Å². The van der Waals surface area contributed by atoms with Crippen molar-refractivity contribution in [1.82, 2.24) is 4.98 Å². The molecule has 0 spiro atoms. The van der Waals surface area contributed by atoms with Crippen LogP contribution in [0.25, 0.3) is 11.6 Å². The van der Waals surface area contributed by atoms with E-state index in [0.717, 1.165) is 6.07 Å². The third-order valence-electron chi connectivity index (χ3n) is 3.33. The summed E-state index contributed by atoms with van der Waals surface area (Å²) in [5.74, 6) is 0.989. The molecule has 0 fully saturated rings. The number of nitrogens with zero attached hydrogens (tertiary/aromatic N) is 2. The average Bonchev–Trinajstić information content (AvgIpc) is 2.59. The number of halogens is 4. The molecule has 0 atom stereocenters. The Morgan fingerprint density at radius 2 is 2.08 bits per heavy atom. The molecule has 1 aromatic heterocycles. The highest BCUT2D eigenvalue weighted by Gasteiger charge is 2.30. The molecule has 0 N–H and O–H groups in total. The van der Waals surface area contributed by atoms with Gasteiger partial charge in [-0.2, -0.15) is 18.4 Å². The lowest BCUT2D eigenvalue weighted by Crippen LogP contribution is -2.05. The molecule has 0 saturated heterocycles. The Morgan fingerprint density at radius 1 is 1.35 bits per heavy atom. The fourth-order valence-electron chi connectivity index (χ4n) is 2.18. The molecular formula is C18H14BrF3N2O2. The SMILES string of the molecule is CCOc1cc(/C=C(\C#N)c2ccc(C(F)(F)F)cn2)cc(Br)c1OC. The number of hydrogen-bond donors (Lipinski definition) is 0. The molecule has 0 bridgehead atoms. The lowest BCUT2D eigenvalue weighted by atomic mass is 10.1. The maximum Gasteiger partial charge on any atom is 0.417 e. The van der Waals surface area contributed by atoms with Gasteiger partial charge < -0.3 is 9.47 Å². The van der Waals surface area contributed by atoms with Gasteiger partial charge in [-0.15, -0.1) is 0 Å². The molecule has 0 aliphatic carbocycles. The molecule has 4 nitrogen and oxygen atoms in total. The van der Waals surface area contributed by atoms with E-state index < -0.39 is 11.7 Å². The Labute approximate surface area is 157 Å². The largest absolute Gasteiger partial charge is 0.492 e. The Morgan fingerprint density at radius 3 is 2.58 bits per heavy atom. The fraction of sp³-hybridized carbons (Fsp3) is 0.222. The Hall–Kier alpha value is -2.53. The highest BCUT2D eigenvalue weighted by molar-refractivity contribution is 9.10. The van der Waals surface area contributed by atoms with Crippen LogP contribution in [0.2, 0.25) is 0 Å². The molecule has 1 heterocycles. The van der Waals surface area contributed by atoms with Crippen LogP contribution in [0.5, 0.6) is 11.5 Å². The Bertz CT molecular complexity index is 856. The molecule has 0 unspecified atom stereocenters. The van der Waals surface area contributed by atoms with Gasteiger partial charge in [0.25, 0.3) is 0 Å². The maximum atomic E-state index is 12.6. The third kappa shape index (κ3) is 4.55. The number of nitriles is 1. The van der Waals surface area contributed by atoms with Crippen LogP contribution in [0, 0.1) is 11.3 Å². The molecule has 136 valence electrons. The van der Waals surface area contributed by atoms with Crippen LogP contribution >= 0.6 is 15.9 Å². The zero-order valence-electron chi connectivity index (χ0n) is 13.9. The second-order valence-corrected chi connectivity index (χ2v) is 5.92. The topological polar surface area (TPSA) is 55.1 Å². The molecule has 0 amide bonds. The van der Waals surface area contributed by atoms with Crippen molar-refractivity contribution in [2.45, 2.75) is 13.1 Å². The van der Waals surface area contributed by atoms with Gasteiger partial charge in [-0.25, -0.2) is 0 Å². The standard InChI is InChI=1S/C18H14BrF3N2O2/c1-3-26-16-8-11(7-14(19)17(16)25-2)6-12(9-23)15-5-4-13(10-24-15)18(20,21)22/h4-8,10H,3H2,1-2H3/b12-6+. The second-order valence-electron chi connectivity index (χ2n) is 5.07. The minimum Gasteiger partial charge on any atom is -0.492 e. The Kier molecular flexibility index (Phi) is 6.27. The highest BCUT2D eigenvalue weighted by atomic mass is 79.9. The van der Waals surface area contributed by atoms with Crippen LogP contribution in [0.4, 0.5) is 13.2 Å². The van der Waals surface area contributed by atoms with E-state index in [1.165, 1.54) is 19.3 Å². The first-order valence-electron chi connectivity index (χ1n) is 7.46. The first kappa shape index (κ1) is 19.8. The van der Waals surface area contributed by atoms with E-state index in [2.05, 4.69) is 20.9 Å². The van der Waals surface area contributed by atoms with Gasteiger partial charge in [0, 0.05) is 6.20 Å². The van der Waals surface area contributed by atoms with E-state index in [0.29, 0.717) is 34.3 Å². The highest BCUT2D eigenvalue weighted by Crippen LogP contribution is 2.37. The number of benzene rings is 1. The summed E-state index contributed by atoms with van der Waals surface area (Å²) < 4.78 is 49.3. The van der Waals surface area contributed by atoms with Crippen LogP contribution in [0.1, 0.15) is 23.7 Å². The van der Waals surface area contributed by atoms with Crippen molar-refractivity contribution in [3.63, 3.8) is 0 Å². The van der Waals surface area contributed by atoms with Gasteiger partial charge in [-0.3, -0.25) is 4.98 Å². The van der Waals surface area contributed by atoms with Crippen molar-refractivity contribution in [2.75, 3.05) is 13.7 Å². The van der Waals surface area contributed by atoms with Crippen LogP contribution in [0.3, 0.4) is 0 Å². The maximum absolute atomic E-state index is 12.6. The summed E-state index contributed by atoms with van der Waals surface area (Å²) >= 11 is 3.37. The number of methoxy groups -OCH3 is 1. The van der Waals surface area contributed by atoms with Crippen LogP contribution < -0.4 is 9.47 Å². The van der Waals surface area contributed by atoms with Gasteiger partial charge in [0.2, 0.25) is 0 Å². The van der Waals surface area contributed by atoms with Gasteiger partial charge in [-0.05, 0) is 58.8 Å². The molecule has 2 rings (SSSR count). The predicted octanol–water partition coefficient (Wildman–Crippen LogP) is 5.33. The normalized spacial score (nSPS) is 11.8. The lowest BCUT2D eigenvalue weighted by Gasteiger charge is -2.12. The molecule has 26 heavy (non-hydrogen) atoms. The summed E-state index contributed by atoms with van der Waals surface area (Å²) in [5, 5.41) is 9.36. The third-order valence-corrected chi connectivity index (χ3v) is 3.92. The molecular weight excluding hydrogens is 413 g/mol. The van der Waals surface area contributed by atoms with E-state index >= 15 is 0 Å². The van der Waals surface area contributed by atoms with Crippen molar-refractivity contribution >= 4 is 27.6 Å². The molecule has 1 aromatic carbocycles. The lowest BCUT2D eigenvalue weighted by molar-refractivity contribution is -0.137. The van der Waals surface area contributed by atoms with Gasteiger partial charge in [0.1, 0.15) is 6.07 Å². The first-order chi connectivity index (χ1) is 12.3. The van der Waals surface area contributed by atoms with Crippen molar-refractivity contribution in [3.05, 3.63) is 51.8 Å². The van der Waals surface area contributed by atoms with E-state index in [1.807, 2.05) is 13.0 Å². The number of allylic oxidation sites excluding steroid dienone is 1. The summed E-state index contributed by atoms with van der Waals surface area (Å²) in [6.45, 7) is 2.24. The summed E-state index contributed by atoms with van der Waals surface area (Å²) in [6, 6.07) is 7.40. The number of pyridine rings is 1. The molecule has 0 aliphatic rings. The zero-order chi connectivity index (χ0) is 19.3. The fourth-order valence-corrected chi connectivity index (χ4v) is 2.80. The van der Waals surface area contributed by atoms with E-state index in [-0.39, 0.29) is 11.3 Å². The smallest absolute Gasteiger partial charge is 0.417 e. The Balaban J connectivity index is 2.44. The molecule has 0 saturated carbocycles. The summed E-state index contributed by atoms with van der Waals surface area (Å²) in [6.07, 6.45) is -2.26. The minimum absolute atomic E-state index is 0.123. The summed E-state index contributed by atoms with van der Waals surface area (Å²) in [4.78, 5) is 3.75.